The first-order valence-corrected chi connectivity index (χ1v) is 12.1. The van der Waals surface area contributed by atoms with Gasteiger partial charge in [0.2, 0.25) is 11.8 Å². The van der Waals surface area contributed by atoms with Crippen molar-refractivity contribution in [2.75, 3.05) is 14.1 Å². The second kappa shape index (κ2) is 13.5. The van der Waals surface area contributed by atoms with E-state index in [4.69, 9.17) is 0 Å². The van der Waals surface area contributed by atoms with Crippen LogP contribution >= 0.6 is 12.6 Å². The van der Waals surface area contributed by atoms with Gasteiger partial charge in [0.1, 0.15) is 6.04 Å². The highest BCUT2D eigenvalue weighted by Gasteiger charge is 2.36. The van der Waals surface area contributed by atoms with Crippen molar-refractivity contribution in [3.8, 4) is 0 Å². The van der Waals surface area contributed by atoms with Crippen LogP contribution in [-0.4, -0.2) is 65.0 Å². The Hall–Kier alpha value is -1.08. The Morgan fingerprint density at radius 1 is 0.806 bits per heavy atom. The number of carbonyl (C=O) groups excluding carboxylic acids is 3. The summed E-state index contributed by atoms with van der Waals surface area (Å²) < 4.78 is 0. The highest BCUT2D eigenvalue weighted by molar-refractivity contribution is 7.80. The van der Waals surface area contributed by atoms with Crippen molar-refractivity contribution in [3.63, 3.8) is 0 Å². The van der Waals surface area contributed by atoms with Gasteiger partial charge in [-0.05, 0) is 44.6 Å². The van der Waals surface area contributed by atoms with Gasteiger partial charge < -0.3 is 10.2 Å². The van der Waals surface area contributed by atoms with Crippen molar-refractivity contribution in [2.45, 2.75) is 98.7 Å². The lowest BCUT2D eigenvalue weighted by Gasteiger charge is -2.36. The highest BCUT2D eigenvalue weighted by Crippen LogP contribution is 2.19. The van der Waals surface area contributed by atoms with Crippen LogP contribution in [-0.2, 0) is 14.4 Å². The summed E-state index contributed by atoms with van der Waals surface area (Å²) in [5, 5.41) is 2.90. The summed E-state index contributed by atoms with van der Waals surface area (Å²) in [6.45, 7) is 17.7. The first-order valence-electron chi connectivity index (χ1n) is 11.6. The van der Waals surface area contributed by atoms with Gasteiger partial charge in [-0.25, -0.2) is 0 Å². The van der Waals surface area contributed by atoms with Gasteiger partial charge in [0.25, 0.3) is 0 Å². The molecule has 0 fully saturated rings. The molecule has 0 saturated heterocycles. The van der Waals surface area contributed by atoms with Crippen LogP contribution in [0.15, 0.2) is 0 Å². The van der Waals surface area contributed by atoms with Gasteiger partial charge in [0, 0.05) is 13.0 Å². The third-order valence-corrected chi connectivity index (χ3v) is 6.08. The lowest BCUT2D eigenvalue weighted by Crippen LogP contribution is -2.58. The minimum atomic E-state index is -0.689. The molecule has 6 nitrogen and oxygen atoms in total. The summed E-state index contributed by atoms with van der Waals surface area (Å²) in [6.07, 6.45) is 1.28. The molecule has 0 aromatic carbocycles. The molecule has 0 aliphatic carbocycles. The quantitative estimate of drug-likeness (QED) is 0.326. The Bertz CT molecular complexity index is 591. The summed E-state index contributed by atoms with van der Waals surface area (Å²) in [4.78, 5) is 43.0. The van der Waals surface area contributed by atoms with Crippen LogP contribution in [0.1, 0.15) is 75.2 Å². The van der Waals surface area contributed by atoms with Crippen LogP contribution in [0.2, 0.25) is 0 Å². The molecule has 0 rings (SSSR count). The Morgan fingerprint density at radius 2 is 1.26 bits per heavy atom. The molecule has 31 heavy (non-hydrogen) atoms. The number of hydrogen-bond donors (Lipinski definition) is 2. The van der Waals surface area contributed by atoms with Crippen LogP contribution < -0.4 is 5.32 Å². The molecule has 0 aromatic rings. The van der Waals surface area contributed by atoms with Crippen LogP contribution in [0, 0.1) is 23.7 Å². The van der Waals surface area contributed by atoms with E-state index < -0.39 is 12.1 Å². The summed E-state index contributed by atoms with van der Waals surface area (Å²) >= 11 is 4.49. The summed E-state index contributed by atoms with van der Waals surface area (Å²) in [7, 11) is 3.56. The fourth-order valence-corrected chi connectivity index (χ4v) is 3.76. The Balaban J connectivity index is 5.75. The van der Waals surface area contributed by atoms with Crippen LogP contribution in [0.25, 0.3) is 0 Å². The van der Waals surface area contributed by atoms with Gasteiger partial charge in [-0.1, -0.05) is 55.4 Å². The number of amides is 2. The minimum Gasteiger partial charge on any atom is -0.343 e. The maximum Gasteiger partial charge on any atom is 0.245 e. The molecule has 7 heteroatoms. The molecule has 4 atom stereocenters. The van der Waals surface area contributed by atoms with Crippen molar-refractivity contribution in [2.24, 2.45) is 23.7 Å². The third-order valence-electron chi connectivity index (χ3n) is 5.72. The van der Waals surface area contributed by atoms with Gasteiger partial charge >= 0.3 is 0 Å². The Kier molecular flexibility index (Phi) is 13.0. The third kappa shape index (κ3) is 9.52. The van der Waals surface area contributed by atoms with Crippen molar-refractivity contribution in [3.05, 3.63) is 0 Å². The predicted molar refractivity (Wildman–Crippen MR) is 132 cm³/mol. The predicted octanol–water partition coefficient (Wildman–Crippen LogP) is 3.85. The highest BCUT2D eigenvalue weighted by atomic mass is 32.1. The zero-order chi connectivity index (χ0) is 24.6. The Morgan fingerprint density at radius 3 is 1.61 bits per heavy atom. The molecule has 0 aliphatic heterocycles. The largest absolute Gasteiger partial charge is 0.343 e. The molecule has 0 bridgehead atoms. The normalized spacial score (nSPS) is 16.0. The summed E-state index contributed by atoms with van der Waals surface area (Å²) in [6, 6.07) is -1.56. The molecule has 0 aliphatic rings. The zero-order valence-electron chi connectivity index (χ0n) is 21.6. The zero-order valence-corrected chi connectivity index (χ0v) is 22.5. The molecule has 182 valence electrons. The fourth-order valence-electron chi connectivity index (χ4n) is 3.60. The number of Topliss-reactive ketones (excluding diaryl/α,β-unsaturated/α-hetero) is 1. The first kappa shape index (κ1) is 29.9. The van der Waals surface area contributed by atoms with Gasteiger partial charge in [0.15, 0.2) is 5.78 Å². The standard InChI is InChI=1S/C24H47N3O3S/c1-14(2)12-19(22(28)17(7)8)27(11)24(30)21(16(5)6)25-23(29)20(13-15(3)4)26(10)18(9)31/h14-21,31H,12-13H2,1-11H3,(H,25,29)/t18?,19-,20-,21-/m0/s1. The monoisotopic (exact) mass is 457 g/mol. The van der Waals surface area contributed by atoms with Crippen LogP contribution in [0.4, 0.5) is 0 Å². The minimum absolute atomic E-state index is 0.0553. The number of hydrogen-bond acceptors (Lipinski definition) is 5. The lowest BCUT2D eigenvalue weighted by molar-refractivity contribution is -0.144. The van der Waals surface area contributed by atoms with Crippen molar-refractivity contribution < 1.29 is 14.4 Å². The molecule has 0 saturated carbocycles. The van der Waals surface area contributed by atoms with E-state index in [2.05, 4.69) is 31.8 Å². The summed E-state index contributed by atoms with van der Waals surface area (Å²) in [5.74, 6) is -0.00447. The molecular formula is C24H47N3O3S. The van der Waals surface area contributed by atoms with E-state index in [1.807, 2.05) is 60.4 Å². The molecular weight excluding hydrogens is 410 g/mol. The number of rotatable bonds is 13. The maximum absolute atomic E-state index is 13.4. The van der Waals surface area contributed by atoms with Crippen molar-refractivity contribution in [1.29, 1.82) is 0 Å². The van der Waals surface area contributed by atoms with E-state index in [0.29, 0.717) is 18.8 Å². The number of carbonyl (C=O) groups is 3. The second-order valence-electron chi connectivity index (χ2n) is 10.3. The van der Waals surface area contributed by atoms with Crippen molar-refractivity contribution >= 4 is 30.2 Å². The van der Waals surface area contributed by atoms with E-state index >= 15 is 0 Å². The smallest absolute Gasteiger partial charge is 0.245 e. The van der Waals surface area contributed by atoms with Crippen molar-refractivity contribution in [1.82, 2.24) is 15.1 Å². The van der Waals surface area contributed by atoms with Gasteiger partial charge in [-0.3, -0.25) is 19.3 Å². The summed E-state index contributed by atoms with van der Waals surface area (Å²) in [5.41, 5.74) is 0. The molecule has 0 spiro atoms. The van der Waals surface area contributed by atoms with E-state index in [-0.39, 0.29) is 46.8 Å². The average Bonchev–Trinajstić information content (AvgIpc) is 2.65. The lowest BCUT2D eigenvalue weighted by atomic mass is 9.92. The number of nitrogens with one attached hydrogen (secondary N) is 1. The molecule has 1 unspecified atom stereocenters. The number of likely N-dealkylation sites (N-methyl/N-ethyl adjacent to an activating group) is 2. The SMILES string of the molecule is CC(C)C[C@@H](C(=O)C(C)C)N(C)C(=O)[C@@H](NC(=O)[C@H](CC(C)C)N(C)C(C)S)C(C)C. The maximum atomic E-state index is 13.4. The molecule has 2 amide bonds. The fraction of sp³-hybridized carbons (Fsp3) is 0.875. The molecule has 0 heterocycles. The topological polar surface area (TPSA) is 69.7 Å². The molecule has 1 N–H and O–H groups in total. The number of thiol groups is 1. The second-order valence-corrected chi connectivity index (χ2v) is 11.1. The number of ketones is 1. The van der Waals surface area contributed by atoms with E-state index in [9.17, 15) is 14.4 Å². The van der Waals surface area contributed by atoms with Gasteiger partial charge in [0.05, 0.1) is 17.5 Å². The van der Waals surface area contributed by atoms with E-state index in [1.54, 1.807) is 11.9 Å². The van der Waals surface area contributed by atoms with Gasteiger partial charge in [-0.2, -0.15) is 12.6 Å². The van der Waals surface area contributed by atoms with Crippen LogP contribution in [0.3, 0.4) is 0 Å². The molecule has 0 radical (unpaired) electrons. The first-order chi connectivity index (χ1) is 14.1. The van der Waals surface area contributed by atoms with E-state index in [0.717, 1.165) is 0 Å². The Labute approximate surface area is 196 Å². The number of nitrogens with zero attached hydrogens (tertiary/aromatic N) is 2. The molecule has 0 aromatic heterocycles. The van der Waals surface area contributed by atoms with Crippen LogP contribution in [0.5, 0.6) is 0 Å². The van der Waals surface area contributed by atoms with E-state index in [1.165, 1.54) is 0 Å². The average molecular weight is 458 g/mol. The van der Waals surface area contributed by atoms with Gasteiger partial charge in [-0.15, -0.1) is 0 Å².